The van der Waals surface area contributed by atoms with Gasteiger partial charge in [-0.1, -0.05) is 102 Å². The Bertz CT molecular complexity index is 1170. The molecule has 0 unspecified atom stereocenters. The summed E-state index contributed by atoms with van der Waals surface area (Å²) in [5.41, 5.74) is 8.82. The third kappa shape index (κ3) is 5.22. The van der Waals surface area contributed by atoms with Gasteiger partial charge >= 0.3 is 0 Å². The number of rotatable bonds is 7. The minimum absolute atomic E-state index is 0.0815. The molecule has 0 fully saturated rings. The number of hydrogen-bond acceptors (Lipinski definition) is 5. The standard InChI is InChI=1S/C25H22Cl3N5/c1-2-13-33(22(16-9-5-3-6-10-16)17-11-7-4-8-12-17)25-31-23(30-24(29)32-25)21-19(27)14-18(26)15-20(21)28/h3-12,14-15,22H,2,13H2,1H3,(H2,29,30,31,32). The zero-order valence-corrected chi connectivity index (χ0v) is 20.2. The summed E-state index contributed by atoms with van der Waals surface area (Å²) >= 11 is 19.0. The Labute approximate surface area is 208 Å². The number of hydrogen-bond donors (Lipinski definition) is 1. The molecule has 5 nitrogen and oxygen atoms in total. The summed E-state index contributed by atoms with van der Waals surface area (Å²) < 4.78 is 0. The molecule has 0 aliphatic heterocycles. The number of anilines is 2. The summed E-state index contributed by atoms with van der Waals surface area (Å²) in [6.45, 7) is 2.80. The molecule has 0 aliphatic carbocycles. The first-order chi connectivity index (χ1) is 16.0. The van der Waals surface area contributed by atoms with Crippen LogP contribution in [-0.2, 0) is 0 Å². The van der Waals surface area contributed by atoms with Crippen molar-refractivity contribution in [2.45, 2.75) is 19.4 Å². The highest BCUT2D eigenvalue weighted by molar-refractivity contribution is 6.41. The summed E-state index contributed by atoms with van der Waals surface area (Å²) in [5, 5.41) is 1.11. The van der Waals surface area contributed by atoms with Crippen LogP contribution in [0.15, 0.2) is 72.8 Å². The zero-order valence-electron chi connectivity index (χ0n) is 17.9. The molecule has 0 amide bonds. The Balaban J connectivity index is 1.89. The number of nitrogens with two attached hydrogens (primary N) is 1. The highest BCUT2D eigenvalue weighted by Crippen LogP contribution is 2.37. The fourth-order valence-corrected chi connectivity index (χ4v) is 4.77. The van der Waals surface area contributed by atoms with Gasteiger partial charge in [0, 0.05) is 11.6 Å². The zero-order chi connectivity index (χ0) is 23.4. The largest absolute Gasteiger partial charge is 0.368 e. The maximum atomic E-state index is 6.45. The molecule has 168 valence electrons. The van der Waals surface area contributed by atoms with Crippen LogP contribution in [0.2, 0.25) is 15.1 Å². The van der Waals surface area contributed by atoms with Crippen molar-refractivity contribution < 1.29 is 0 Å². The Kier molecular flexibility index (Phi) is 7.33. The van der Waals surface area contributed by atoms with E-state index in [4.69, 9.17) is 45.5 Å². The second kappa shape index (κ2) is 10.4. The predicted octanol–water partition coefficient (Wildman–Crippen LogP) is 7.09. The Morgan fingerprint density at radius 3 is 1.88 bits per heavy atom. The third-order valence-corrected chi connectivity index (χ3v) is 5.95. The maximum absolute atomic E-state index is 6.45. The Morgan fingerprint density at radius 1 is 0.818 bits per heavy atom. The molecule has 3 aromatic carbocycles. The van der Waals surface area contributed by atoms with Gasteiger partial charge in [0.2, 0.25) is 11.9 Å². The number of aromatic nitrogens is 3. The Hall–Kier alpha value is -2.86. The van der Waals surface area contributed by atoms with Crippen LogP contribution in [0.5, 0.6) is 0 Å². The molecule has 33 heavy (non-hydrogen) atoms. The van der Waals surface area contributed by atoms with Crippen LogP contribution in [0.25, 0.3) is 11.4 Å². The van der Waals surface area contributed by atoms with E-state index in [-0.39, 0.29) is 12.0 Å². The van der Waals surface area contributed by atoms with Gasteiger partial charge < -0.3 is 10.6 Å². The lowest BCUT2D eigenvalue weighted by Crippen LogP contribution is -2.32. The van der Waals surface area contributed by atoms with E-state index in [0.29, 0.717) is 38.9 Å². The van der Waals surface area contributed by atoms with E-state index in [1.54, 1.807) is 12.1 Å². The first kappa shape index (κ1) is 23.3. The highest BCUT2D eigenvalue weighted by Gasteiger charge is 2.26. The summed E-state index contributed by atoms with van der Waals surface area (Å²) in [6.07, 6.45) is 0.875. The molecule has 0 aliphatic rings. The molecule has 0 bridgehead atoms. The van der Waals surface area contributed by atoms with Gasteiger partial charge in [0.1, 0.15) is 0 Å². The molecular weight excluding hydrogens is 477 g/mol. The molecular formula is C25H22Cl3N5. The molecule has 0 radical (unpaired) electrons. The molecule has 2 N–H and O–H groups in total. The average Bonchev–Trinajstić information content (AvgIpc) is 2.79. The van der Waals surface area contributed by atoms with Gasteiger partial charge in [-0.25, -0.2) is 0 Å². The van der Waals surface area contributed by atoms with Crippen molar-refractivity contribution in [2.75, 3.05) is 17.2 Å². The molecule has 0 saturated carbocycles. The van der Waals surface area contributed by atoms with E-state index in [2.05, 4.69) is 46.1 Å². The van der Waals surface area contributed by atoms with Gasteiger partial charge in [0.15, 0.2) is 5.82 Å². The molecule has 4 aromatic rings. The van der Waals surface area contributed by atoms with Crippen molar-refractivity contribution >= 4 is 46.7 Å². The first-order valence-corrected chi connectivity index (χ1v) is 11.6. The van der Waals surface area contributed by atoms with Crippen molar-refractivity contribution in [3.63, 3.8) is 0 Å². The molecule has 0 atom stereocenters. The van der Waals surface area contributed by atoms with E-state index < -0.39 is 0 Å². The molecule has 8 heteroatoms. The van der Waals surface area contributed by atoms with Crippen LogP contribution in [0.4, 0.5) is 11.9 Å². The monoisotopic (exact) mass is 497 g/mol. The second-order valence-corrected chi connectivity index (χ2v) is 8.73. The van der Waals surface area contributed by atoms with Gasteiger partial charge in [-0.05, 0) is 29.7 Å². The van der Waals surface area contributed by atoms with E-state index in [1.165, 1.54) is 0 Å². The lowest BCUT2D eigenvalue weighted by molar-refractivity contribution is 0.666. The van der Waals surface area contributed by atoms with Crippen molar-refractivity contribution in [1.29, 1.82) is 0 Å². The van der Waals surface area contributed by atoms with Crippen molar-refractivity contribution in [2.24, 2.45) is 0 Å². The van der Waals surface area contributed by atoms with Crippen molar-refractivity contribution in [3.8, 4) is 11.4 Å². The molecule has 1 heterocycles. The van der Waals surface area contributed by atoms with E-state index >= 15 is 0 Å². The second-order valence-electron chi connectivity index (χ2n) is 7.48. The number of halogens is 3. The van der Waals surface area contributed by atoms with Crippen LogP contribution < -0.4 is 10.6 Å². The maximum Gasteiger partial charge on any atom is 0.231 e. The van der Waals surface area contributed by atoms with E-state index in [9.17, 15) is 0 Å². The van der Waals surface area contributed by atoms with Crippen LogP contribution in [0.1, 0.15) is 30.5 Å². The van der Waals surface area contributed by atoms with Crippen LogP contribution in [0.3, 0.4) is 0 Å². The van der Waals surface area contributed by atoms with Gasteiger partial charge in [0.05, 0.1) is 21.7 Å². The van der Waals surface area contributed by atoms with E-state index in [0.717, 1.165) is 17.5 Å². The number of nitrogen functional groups attached to an aromatic ring is 1. The van der Waals surface area contributed by atoms with Crippen molar-refractivity contribution in [3.05, 3.63) is 99.0 Å². The summed E-state index contributed by atoms with van der Waals surface area (Å²) in [7, 11) is 0. The molecule has 1 aromatic heterocycles. The van der Waals surface area contributed by atoms with Crippen LogP contribution in [-0.4, -0.2) is 21.5 Å². The number of benzene rings is 3. The Morgan fingerprint density at radius 2 is 1.36 bits per heavy atom. The quantitative estimate of drug-likeness (QED) is 0.295. The SMILES string of the molecule is CCCN(c1nc(N)nc(-c2c(Cl)cc(Cl)cc2Cl)n1)C(c1ccccc1)c1ccccc1. The minimum atomic E-state index is -0.127. The fraction of sp³-hybridized carbons (Fsp3) is 0.160. The van der Waals surface area contributed by atoms with Gasteiger partial charge in [-0.2, -0.15) is 15.0 Å². The lowest BCUT2D eigenvalue weighted by Gasteiger charge is -2.32. The molecule has 0 saturated heterocycles. The van der Waals surface area contributed by atoms with Gasteiger partial charge in [-0.3, -0.25) is 0 Å². The van der Waals surface area contributed by atoms with Crippen LogP contribution >= 0.6 is 34.8 Å². The van der Waals surface area contributed by atoms with Gasteiger partial charge in [-0.15, -0.1) is 0 Å². The third-order valence-electron chi connectivity index (χ3n) is 5.14. The molecule has 0 spiro atoms. The van der Waals surface area contributed by atoms with Gasteiger partial charge in [0.25, 0.3) is 0 Å². The topological polar surface area (TPSA) is 67.9 Å². The van der Waals surface area contributed by atoms with E-state index in [1.807, 2.05) is 36.4 Å². The summed E-state index contributed by atoms with van der Waals surface area (Å²) in [6, 6.07) is 23.6. The molecule has 4 rings (SSSR count). The smallest absolute Gasteiger partial charge is 0.231 e. The summed E-state index contributed by atoms with van der Waals surface area (Å²) in [5.74, 6) is 0.822. The van der Waals surface area contributed by atoms with Crippen LogP contribution in [0, 0.1) is 0 Å². The fourth-order valence-electron chi connectivity index (χ4n) is 3.79. The summed E-state index contributed by atoms with van der Waals surface area (Å²) in [4.78, 5) is 15.7. The highest BCUT2D eigenvalue weighted by atomic mass is 35.5. The lowest BCUT2D eigenvalue weighted by atomic mass is 9.97. The normalized spacial score (nSPS) is 11.1. The minimum Gasteiger partial charge on any atom is -0.368 e. The predicted molar refractivity (Wildman–Crippen MR) is 137 cm³/mol. The van der Waals surface area contributed by atoms with Crippen molar-refractivity contribution in [1.82, 2.24) is 15.0 Å². The number of nitrogens with zero attached hydrogens (tertiary/aromatic N) is 4. The average molecular weight is 499 g/mol. The first-order valence-electron chi connectivity index (χ1n) is 10.5.